The van der Waals surface area contributed by atoms with Crippen LogP contribution >= 0.6 is 11.8 Å². The van der Waals surface area contributed by atoms with Gasteiger partial charge in [0, 0.05) is 10.9 Å². The van der Waals surface area contributed by atoms with Crippen molar-refractivity contribution in [1.82, 2.24) is 15.3 Å². The molecule has 0 unspecified atom stereocenters. The first-order valence-electron chi connectivity index (χ1n) is 9.76. The first-order chi connectivity index (χ1) is 14.1. The zero-order chi connectivity index (χ0) is 20.4. The second kappa shape index (κ2) is 8.33. The summed E-state index contributed by atoms with van der Waals surface area (Å²) in [6.45, 7) is 4.11. The topological polar surface area (TPSA) is 70.9 Å². The van der Waals surface area contributed by atoms with E-state index in [1.165, 1.54) is 5.56 Å². The highest BCUT2D eigenvalue weighted by atomic mass is 32.2. The molecule has 5 nitrogen and oxygen atoms in total. The van der Waals surface area contributed by atoms with Crippen LogP contribution in [0.3, 0.4) is 0 Å². The lowest BCUT2D eigenvalue weighted by molar-refractivity contribution is -0.121. The number of aryl methyl sites for hydroxylation is 2. The minimum absolute atomic E-state index is 0.0301. The average molecular weight is 408 g/mol. The summed E-state index contributed by atoms with van der Waals surface area (Å²) in [7, 11) is 0. The number of nitrogens with one attached hydrogen (secondary N) is 2. The van der Waals surface area contributed by atoms with Crippen molar-refractivity contribution in [2.24, 2.45) is 0 Å². The molecule has 4 rings (SSSR count). The number of carbonyl (C=O) groups is 1. The molecule has 0 aliphatic rings. The van der Waals surface area contributed by atoms with Gasteiger partial charge in [-0.05, 0) is 55.5 Å². The number of furan rings is 1. The zero-order valence-corrected chi connectivity index (χ0v) is 17.7. The SMILES string of the molecule is CSCC[C@@H](NC(=O)Cc1coc2c(C)c(C)ccc12)c1nc2ccccc2[nH]1. The molecular weight excluding hydrogens is 382 g/mol. The fourth-order valence-electron chi connectivity index (χ4n) is 3.59. The molecule has 1 amide bonds. The van der Waals surface area contributed by atoms with Crippen molar-refractivity contribution >= 4 is 39.7 Å². The molecule has 29 heavy (non-hydrogen) atoms. The van der Waals surface area contributed by atoms with E-state index in [1.807, 2.05) is 37.3 Å². The van der Waals surface area contributed by atoms with E-state index in [9.17, 15) is 4.79 Å². The van der Waals surface area contributed by atoms with Crippen LogP contribution in [0.5, 0.6) is 0 Å². The van der Waals surface area contributed by atoms with Crippen molar-refractivity contribution in [2.75, 3.05) is 12.0 Å². The number of fused-ring (bicyclic) bond motifs is 2. The Morgan fingerprint density at radius 3 is 2.86 bits per heavy atom. The quantitative estimate of drug-likeness (QED) is 0.448. The highest BCUT2D eigenvalue weighted by Gasteiger charge is 2.20. The molecule has 0 saturated heterocycles. The molecule has 0 radical (unpaired) electrons. The van der Waals surface area contributed by atoms with Gasteiger partial charge in [-0.15, -0.1) is 0 Å². The van der Waals surface area contributed by atoms with Crippen LogP contribution in [0, 0.1) is 13.8 Å². The smallest absolute Gasteiger partial charge is 0.225 e. The minimum Gasteiger partial charge on any atom is -0.464 e. The maximum absolute atomic E-state index is 12.9. The predicted molar refractivity (Wildman–Crippen MR) is 119 cm³/mol. The fraction of sp³-hybridized carbons (Fsp3) is 0.304. The van der Waals surface area contributed by atoms with E-state index in [4.69, 9.17) is 4.42 Å². The van der Waals surface area contributed by atoms with E-state index in [0.717, 1.165) is 51.1 Å². The first-order valence-corrected chi connectivity index (χ1v) is 11.2. The lowest BCUT2D eigenvalue weighted by Crippen LogP contribution is -2.31. The third-order valence-corrected chi connectivity index (χ3v) is 6.02. The molecule has 2 aromatic carbocycles. The van der Waals surface area contributed by atoms with Crippen LogP contribution in [0.4, 0.5) is 0 Å². The van der Waals surface area contributed by atoms with Gasteiger partial charge in [0.2, 0.25) is 5.91 Å². The summed E-state index contributed by atoms with van der Waals surface area (Å²) < 4.78 is 5.75. The lowest BCUT2D eigenvalue weighted by Gasteiger charge is -2.16. The maximum atomic E-state index is 12.9. The Kier molecular flexibility index (Phi) is 5.62. The number of hydrogen-bond donors (Lipinski definition) is 2. The van der Waals surface area contributed by atoms with Crippen LogP contribution in [0.1, 0.15) is 35.0 Å². The number of nitrogens with zero attached hydrogens (tertiary/aromatic N) is 1. The van der Waals surface area contributed by atoms with Crippen molar-refractivity contribution in [3.8, 4) is 0 Å². The van der Waals surface area contributed by atoms with Crippen LogP contribution in [-0.4, -0.2) is 27.9 Å². The predicted octanol–water partition coefficient (Wildman–Crippen LogP) is 5.08. The normalized spacial score (nSPS) is 12.5. The van der Waals surface area contributed by atoms with E-state index in [1.54, 1.807) is 18.0 Å². The van der Waals surface area contributed by atoms with Crippen molar-refractivity contribution in [3.63, 3.8) is 0 Å². The number of para-hydroxylation sites is 2. The number of hydrogen-bond acceptors (Lipinski definition) is 4. The number of rotatable bonds is 7. The van der Waals surface area contributed by atoms with Crippen LogP contribution < -0.4 is 5.32 Å². The number of H-pyrrole nitrogens is 1. The molecule has 4 aromatic rings. The molecule has 1 atom stereocenters. The van der Waals surface area contributed by atoms with E-state index < -0.39 is 0 Å². The Morgan fingerprint density at radius 2 is 2.07 bits per heavy atom. The summed E-state index contributed by atoms with van der Waals surface area (Å²) >= 11 is 1.76. The number of benzene rings is 2. The van der Waals surface area contributed by atoms with Gasteiger partial charge >= 0.3 is 0 Å². The Balaban J connectivity index is 1.54. The molecule has 0 aliphatic carbocycles. The number of carbonyl (C=O) groups excluding carboxylic acids is 1. The minimum atomic E-state index is -0.149. The third-order valence-electron chi connectivity index (χ3n) is 5.38. The standard InChI is InChI=1S/C23H25N3O2S/c1-14-8-9-17-16(13-28-22(17)15(14)2)12-21(27)24-20(10-11-29-3)23-25-18-6-4-5-7-19(18)26-23/h4-9,13,20H,10-12H2,1-3H3,(H,24,27)(H,25,26)/t20-/m1/s1. The number of thioether (sulfide) groups is 1. The van der Waals surface area contributed by atoms with Gasteiger partial charge < -0.3 is 14.7 Å². The molecule has 0 spiro atoms. The van der Waals surface area contributed by atoms with Crippen molar-refractivity contribution in [1.29, 1.82) is 0 Å². The molecule has 0 aliphatic heterocycles. The van der Waals surface area contributed by atoms with E-state index in [2.05, 4.69) is 34.5 Å². The molecule has 0 fully saturated rings. The maximum Gasteiger partial charge on any atom is 0.225 e. The van der Waals surface area contributed by atoms with Gasteiger partial charge in [-0.3, -0.25) is 4.79 Å². The van der Waals surface area contributed by atoms with Crippen molar-refractivity contribution in [2.45, 2.75) is 32.7 Å². The van der Waals surface area contributed by atoms with Gasteiger partial charge in [0.25, 0.3) is 0 Å². The zero-order valence-electron chi connectivity index (χ0n) is 16.9. The summed E-state index contributed by atoms with van der Waals surface area (Å²) in [5.41, 5.74) is 5.98. The average Bonchev–Trinajstić information content (AvgIpc) is 3.32. The highest BCUT2D eigenvalue weighted by Crippen LogP contribution is 2.27. The summed E-state index contributed by atoms with van der Waals surface area (Å²) in [5.74, 6) is 1.71. The van der Waals surface area contributed by atoms with Gasteiger partial charge in [0.15, 0.2) is 0 Å². The summed E-state index contributed by atoms with van der Waals surface area (Å²) in [6, 6.07) is 11.9. The van der Waals surface area contributed by atoms with E-state index >= 15 is 0 Å². The highest BCUT2D eigenvalue weighted by molar-refractivity contribution is 7.98. The fourth-order valence-corrected chi connectivity index (χ4v) is 4.07. The van der Waals surface area contributed by atoms with Gasteiger partial charge in [-0.25, -0.2) is 4.98 Å². The molecule has 2 aromatic heterocycles. The monoisotopic (exact) mass is 407 g/mol. The van der Waals surface area contributed by atoms with Gasteiger partial charge in [-0.2, -0.15) is 11.8 Å². The second-order valence-electron chi connectivity index (χ2n) is 7.36. The number of amides is 1. The van der Waals surface area contributed by atoms with Gasteiger partial charge in [-0.1, -0.05) is 24.3 Å². The van der Waals surface area contributed by atoms with Crippen LogP contribution in [-0.2, 0) is 11.2 Å². The van der Waals surface area contributed by atoms with Crippen molar-refractivity contribution in [3.05, 3.63) is 65.2 Å². The van der Waals surface area contributed by atoms with E-state index in [0.29, 0.717) is 0 Å². The molecule has 2 N–H and O–H groups in total. The Bertz CT molecular complexity index is 1130. The van der Waals surface area contributed by atoms with Crippen LogP contribution in [0.25, 0.3) is 22.0 Å². The summed E-state index contributed by atoms with van der Waals surface area (Å²) in [4.78, 5) is 20.9. The second-order valence-corrected chi connectivity index (χ2v) is 8.35. The number of imidazole rings is 1. The van der Waals surface area contributed by atoms with Gasteiger partial charge in [0.05, 0.1) is 29.8 Å². The molecule has 150 valence electrons. The number of aromatic nitrogens is 2. The summed E-state index contributed by atoms with van der Waals surface area (Å²) in [6.07, 6.45) is 4.87. The molecular formula is C23H25N3O2S. The Morgan fingerprint density at radius 1 is 1.24 bits per heavy atom. The van der Waals surface area contributed by atoms with Crippen molar-refractivity contribution < 1.29 is 9.21 Å². The summed E-state index contributed by atoms with van der Waals surface area (Å²) in [5, 5.41) is 4.18. The molecule has 0 bridgehead atoms. The largest absolute Gasteiger partial charge is 0.464 e. The Hall–Kier alpha value is -2.73. The Labute approximate surface area is 174 Å². The molecule has 6 heteroatoms. The van der Waals surface area contributed by atoms with Crippen LogP contribution in [0.15, 0.2) is 47.1 Å². The number of aromatic amines is 1. The van der Waals surface area contributed by atoms with E-state index in [-0.39, 0.29) is 18.4 Å². The molecule has 0 saturated carbocycles. The van der Waals surface area contributed by atoms with Crippen LogP contribution in [0.2, 0.25) is 0 Å². The first kappa shape index (κ1) is 19.6. The molecule has 2 heterocycles. The lowest BCUT2D eigenvalue weighted by atomic mass is 10.0. The van der Waals surface area contributed by atoms with Gasteiger partial charge in [0.1, 0.15) is 11.4 Å². The third kappa shape index (κ3) is 4.03.